The molecule has 0 radical (unpaired) electrons. The number of likely N-dealkylation sites (tertiary alicyclic amines) is 1. The van der Waals surface area contributed by atoms with Crippen LogP contribution in [0.4, 0.5) is 4.79 Å². The zero-order chi connectivity index (χ0) is 21.6. The molecule has 1 aliphatic heterocycles. The van der Waals surface area contributed by atoms with Gasteiger partial charge in [0.05, 0.1) is 13.7 Å². The van der Waals surface area contributed by atoms with Gasteiger partial charge in [0, 0.05) is 6.54 Å². The summed E-state index contributed by atoms with van der Waals surface area (Å²) >= 11 is 0. The molecule has 0 bridgehead atoms. The lowest BCUT2D eigenvalue weighted by Crippen LogP contribution is -2.55. The van der Waals surface area contributed by atoms with Crippen molar-refractivity contribution >= 4 is 18.0 Å². The molecule has 0 spiro atoms. The van der Waals surface area contributed by atoms with Crippen molar-refractivity contribution in [1.82, 2.24) is 10.2 Å². The van der Waals surface area contributed by atoms with Crippen LogP contribution in [0.3, 0.4) is 0 Å². The highest BCUT2D eigenvalue weighted by Gasteiger charge is 2.47. The molecule has 29 heavy (non-hydrogen) atoms. The summed E-state index contributed by atoms with van der Waals surface area (Å²) in [6, 6.07) is -1.27. The predicted octanol–water partition coefficient (Wildman–Crippen LogP) is 3.51. The average Bonchev–Trinajstić information content (AvgIpc) is 3.01. The zero-order valence-electron chi connectivity index (χ0n) is 18.7. The number of rotatable bonds is 7. The third kappa shape index (κ3) is 6.61. The molecule has 2 atom stereocenters. The first kappa shape index (κ1) is 23.5. The molecule has 1 saturated heterocycles. The molecule has 2 rings (SSSR count). The summed E-state index contributed by atoms with van der Waals surface area (Å²) in [5.41, 5.74) is -0.177. The van der Waals surface area contributed by atoms with Crippen LogP contribution in [-0.4, -0.2) is 55.2 Å². The minimum absolute atomic E-state index is 0.0657. The summed E-state index contributed by atoms with van der Waals surface area (Å²) in [6.45, 7) is 9.02. The van der Waals surface area contributed by atoms with Crippen LogP contribution in [0.15, 0.2) is 0 Å². The van der Waals surface area contributed by atoms with E-state index >= 15 is 0 Å². The molecule has 1 heterocycles. The fraction of sp³-hybridized carbons (Fsp3) is 0.864. The van der Waals surface area contributed by atoms with Gasteiger partial charge in [-0.15, -0.1) is 0 Å². The van der Waals surface area contributed by atoms with Crippen LogP contribution in [0.5, 0.6) is 0 Å². The van der Waals surface area contributed by atoms with Crippen LogP contribution in [-0.2, 0) is 19.1 Å². The molecule has 2 aliphatic rings. The maximum Gasteiger partial charge on any atom is 0.407 e. The number of nitrogens with zero attached hydrogens (tertiary/aromatic N) is 1. The zero-order valence-corrected chi connectivity index (χ0v) is 18.7. The average molecular weight is 411 g/mol. The lowest BCUT2D eigenvalue weighted by molar-refractivity contribution is -0.152. The Morgan fingerprint density at radius 3 is 2.38 bits per heavy atom. The monoisotopic (exact) mass is 410 g/mol. The molecule has 166 valence electrons. The van der Waals surface area contributed by atoms with Gasteiger partial charge >= 0.3 is 12.1 Å². The molecular formula is C22H38N2O5. The van der Waals surface area contributed by atoms with E-state index in [0.29, 0.717) is 25.5 Å². The van der Waals surface area contributed by atoms with E-state index in [1.54, 1.807) is 4.90 Å². The first-order valence-electron chi connectivity index (χ1n) is 11.0. The Labute approximate surface area is 174 Å². The first-order valence-corrected chi connectivity index (χ1v) is 11.0. The lowest BCUT2D eigenvalue weighted by atomic mass is 9.83. The number of ether oxygens (including phenoxy) is 2. The number of carbonyl (C=O) groups is 3. The van der Waals surface area contributed by atoms with E-state index in [2.05, 4.69) is 19.2 Å². The third-order valence-electron chi connectivity index (χ3n) is 6.07. The number of amides is 2. The highest BCUT2D eigenvalue weighted by atomic mass is 16.5. The molecule has 1 aliphatic carbocycles. The number of carbonyl (C=O) groups excluding carboxylic acids is 3. The first-order chi connectivity index (χ1) is 13.6. The van der Waals surface area contributed by atoms with E-state index in [9.17, 15) is 14.4 Å². The van der Waals surface area contributed by atoms with Crippen molar-refractivity contribution in [2.24, 2.45) is 17.3 Å². The van der Waals surface area contributed by atoms with E-state index < -0.39 is 24.1 Å². The Balaban J connectivity index is 2.14. The van der Waals surface area contributed by atoms with E-state index in [4.69, 9.17) is 9.47 Å². The molecule has 1 N–H and O–H groups in total. The highest BCUT2D eigenvalue weighted by Crippen LogP contribution is 2.36. The Hall–Kier alpha value is -1.79. The summed E-state index contributed by atoms with van der Waals surface area (Å²) in [6.07, 6.45) is 5.81. The van der Waals surface area contributed by atoms with Gasteiger partial charge < -0.3 is 19.7 Å². The number of alkyl carbamates (subject to hydrolysis) is 1. The predicted molar refractivity (Wildman–Crippen MR) is 110 cm³/mol. The lowest BCUT2D eigenvalue weighted by Gasteiger charge is -2.34. The number of esters is 1. The van der Waals surface area contributed by atoms with E-state index in [1.807, 2.05) is 13.8 Å². The minimum Gasteiger partial charge on any atom is -0.467 e. The molecule has 0 aromatic heterocycles. The number of hydrogen-bond donors (Lipinski definition) is 1. The fourth-order valence-corrected chi connectivity index (χ4v) is 4.43. The van der Waals surface area contributed by atoms with Gasteiger partial charge in [-0.1, -0.05) is 47.0 Å². The second-order valence-electron chi connectivity index (χ2n) is 9.71. The third-order valence-corrected chi connectivity index (χ3v) is 6.07. The molecule has 2 amide bonds. The van der Waals surface area contributed by atoms with Gasteiger partial charge in [-0.25, -0.2) is 9.59 Å². The van der Waals surface area contributed by atoms with E-state index in [0.717, 1.165) is 38.5 Å². The van der Waals surface area contributed by atoms with E-state index in [-0.39, 0.29) is 17.2 Å². The highest BCUT2D eigenvalue weighted by molar-refractivity contribution is 5.90. The summed E-state index contributed by atoms with van der Waals surface area (Å²) in [5.74, 6) is -0.0911. The molecule has 0 aromatic carbocycles. The molecule has 0 aromatic rings. The van der Waals surface area contributed by atoms with Crippen LogP contribution in [0, 0.1) is 17.3 Å². The van der Waals surface area contributed by atoms with Crippen LogP contribution in [0.2, 0.25) is 0 Å². The van der Waals surface area contributed by atoms with Crippen molar-refractivity contribution in [1.29, 1.82) is 0 Å². The summed E-state index contributed by atoms with van der Waals surface area (Å²) in [7, 11) is 1.35. The van der Waals surface area contributed by atoms with Gasteiger partial charge in [0.2, 0.25) is 5.91 Å². The number of hydrogen-bond acceptors (Lipinski definition) is 5. The number of nitrogens with one attached hydrogen (secondary N) is 1. The van der Waals surface area contributed by atoms with Crippen molar-refractivity contribution < 1.29 is 23.9 Å². The maximum atomic E-state index is 13.5. The summed E-state index contributed by atoms with van der Waals surface area (Å²) in [4.78, 5) is 39.9. The van der Waals surface area contributed by atoms with Crippen molar-refractivity contribution in [3.8, 4) is 0 Å². The minimum atomic E-state index is -0.664. The topological polar surface area (TPSA) is 84.9 Å². The molecule has 7 nitrogen and oxygen atoms in total. The van der Waals surface area contributed by atoms with Crippen molar-refractivity contribution in [2.75, 3.05) is 20.3 Å². The van der Waals surface area contributed by atoms with Crippen LogP contribution in [0.1, 0.15) is 72.6 Å². The molecular weight excluding hydrogens is 372 g/mol. The van der Waals surface area contributed by atoms with Crippen molar-refractivity contribution in [3.05, 3.63) is 0 Å². The van der Waals surface area contributed by atoms with Crippen LogP contribution < -0.4 is 5.32 Å². The quantitative estimate of drug-likeness (QED) is 0.649. The Kier molecular flexibility index (Phi) is 8.34. The molecule has 1 unspecified atom stereocenters. The normalized spacial score (nSPS) is 23.0. The van der Waals surface area contributed by atoms with Gasteiger partial charge in [0.1, 0.15) is 12.1 Å². The van der Waals surface area contributed by atoms with E-state index in [1.165, 1.54) is 7.11 Å². The van der Waals surface area contributed by atoms with Gasteiger partial charge in [-0.2, -0.15) is 0 Å². The molecule has 7 heteroatoms. The van der Waals surface area contributed by atoms with Crippen LogP contribution >= 0.6 is 0 Å². The smallest absolute Gasteiger partial charge is 0.407 e. The van der Waals surface area contributed by atoms with Crippen molar-refractivity contribution in [3.63, 3.8) is 0 Å². The number of methoxy groups -OCH3 is 1. The summed E-state index contributed by atoms with van der Waals surface area (Å²) < 4.78 is 10.3. The Morgan fingerprint density at radius 2 is 1.79 bits per heavy atom. The molecule has 1 saturated carbocycles. The van der Waals surface area contributed by atoms with Gasteiger partial charge in [-0.05, 0) is 42.9 Å². The Bertz CT molecular complexity index is 584. The molecule has 2 fully saturated rings. The van der Waals surface area contributed by atoms with Crippen LogP contribution in [0.25, 0.3) is 0 Å². The van der Waals surface area contributed by atoms with Gasteiger partial charge in [0.15, 0.2) is 0 Å². The summed E-state index contributed by atoms with van der Waals surface area (Å²) in [5, 5.41) is 2.84. The maximum absolute atomic E-state index is 13.5. The fourth-order valence-electron chi connectivity index (χ4n) is 4.43. The standard InChI is InChI=1S/C22H38N2O5/c1-15(2)11-12-29-21(27)23-18(16-9-7-6-8-10-16)19(25)24-14-22(3,4)13-17(24)20(26)28-5/h15-18H,6-14H2,1-5H3,(H,23,27)/t17-,18?/m0/s1. The van der Waals surface area contributed by atoms with Crippen molar-refractivity contribution in [2.45, 2.75) is 84.7 Å². The van der Waals surface area contributed by atoms with Gasteiger partial charge in [-0.3, -0.25) is 4.79 Å². The second kappa shape index (κ2) is 10.3. The van der Waals surface area contributed by atoms with Gasteiger partial charge in [0.25, 0.3) is 0 Å². The second-order valence-corrected chi connectivity index (χ2v) is 9.71. The SMILES string of the molecule is COC(=O)[C@@H]1CC(C)(C)CN1C(=O)C(NC(=O)OCCC(C)C)C1CCCCC1. The Morgan fingerprint density at radius 1 is 1.14 bits per heavy atom. The largest absolute Gasteiger partial charge is 0.467 e.